The molecule has 0 fully saturated rings. The van der Waals surface area contributed by atoms with E-state index in [0.29, 0.717) is 12.5 Å². The second-order valence-corrected chi connectivity index (χ2v) is 5.35. The predicted octanol–water partition coefficient (Wildman–Crippen LogP) is 2.29. The molecule has 1 aromatic heterocycles. The highest BCUT2D eigenvalue weighted by molar-refractivity contribution is 7.09. The molecule has 1 rings (SSSR count). The van der Waals surface area contributed by atoms with Crippen LogP contribution in [0.1, 0.15) is 25.1 Å². The van der Waals surface area contributed by atoms with Gasteiger partial charge in [0, 0.05) is 18.0 Å². The Balaban J connectivity index is 2.01. The van der Waals surface area contributed by atoms with Gasteiger partial charge in [0.05, 0.1) is 6.10 Å². The summed E-state index contributed by atoms with van der Waals surface area (Å²) in [6.07, 6.45) is 1.74. The molecule has 0 amide bonds. The zero-order valence-electron chi connectivity index (χ0n) is 9.57. The maximum absolute atomic E-state index is 9.62. The molecule has 0 spiro atoms. The molecule has 1 unspecified atom stereocenters. The van der Waals surface area contributed by atoms with Gasteiger partial charge in [-0.05, 0) is 30.2 Å². The van der Waals surface area contributed by atoms with Crippen LogP contribution in [0.3, 0.4) is 0 Å². The van der Waals surface area contributed by atoms with E-state index in [1.165, 1.54) is 4.88 Å². The van der Waals surface area contributed by atoms with E-state index in [-0.39, 0.29) is 6.10 Å². The molecule has 15 heavy (non-hydrogen) atoms. The van der Waals surface area contributed by atoms with Crippen LogP contribution in [0.4, 0.5) is 0 Å². The summed E-state index contributed by atoms with van der Waals surface area (Å²) in [5.74, 6) is 0.569. The molecule has 0 aromatic carbocycles. The molecule has 2 nitrogen and oxygen atoms in total. The average molecular weight is 227 g/mol. The fourth-order valence-electron chi connectivity index (χ4n) is 1.56. The fraction of sp³-hybridized carbons (Fsp3) is 0.667. The maximum Gasteiger partial charge on any atom is 0.0667 e. The van der Waals surface area contributed by atoms with E-state index in [4.69, 9.17) is 0 Å². The largest absolute Gasteiger partial charge is 0.392 e. The monoisotopic (exact) mass is 227 g/mol. The van der Waals surface area contributed by atoms with Gasteiger partial charge in [0.1, 0.15) is 0 Å². The van der Waals surface area contributed by atoms with Gasteiger partial charge in [0.25, 0.3) is 0 Å². The summed E-state index contributed by atoms with van der Waals surface area (Å²) < 4.78 is 0. The summed E-state index contributed by atoms with van der Waals surface area (Å²) in [6, 6.07) is 4.23. The van der Waals surface area contributed by atoms with Crippen LogP contribution in [-0.2, 0) is 6.42 Å². The lowest BCUT2D eigenvalue weighted by Gasteiger charge is -2.13. The van der Waals surface area contributed by atoms with E-state index in [1.54, 1.807) is 11.3 Å². The van der Waals surface area contributed by atoms with E-state index in [0.717, 1.165) is 19.4 Å². The lowest BCUT2D eigenvalue weighted by Crippen LogP contribution is -2.29. The lowest BCUT2D eigenvalue weighted by molar-refractivity contribution is 0.147. The Bertz CT molecular complexity index is 246. The van der Waals surface area contributed by atoms with Gasteiger partial charge in [0.15, 0.2) is 0 Å². The van der Waals surface area contributed by atoms with E-state index >= 15 is 0 Å². The molecular weight excluding hydrogens is 206 g/mol. The molecule has 0 radical (unpaired) electrons. The standard InChI is InChI=1S/C12H21NOS/c1-10(2)8-11(14)9-13-6-5-12-4-3-7-15-12/h3-4,7,10-11,13-14H,5-6,8-9H2,1-2H3. The first-order valence-electron chi connectivity index (χ1n) is 5.59. The summed E-state index contributed by atoms with van der Waals surface area (Å²) in [6.45, 7) is 5.93. The first-order valence-corrected chi connectivity index (χ1v) is 6.47. The second-order valence-electron chi connectivity index (χ2n) is 4.32. The molecule has 0 aliphatic carbocycles. The van der Waals surface area contributed by atoms with E-state index in [9.17, 15) is 5.11 Å². The summed E-state index contributed by atoms with van der Waals surface area (Å²) in [4.78, 5) is 1.40. The molecule has 0 bridgehead atoms. The van der Waals surface area contributed by atoms with Crippen molar-refractivity contribution in [2.75, 3.05) is 13.1 Å². The van der Waals surface area contributed by atoms with E-state index in [1.807, 2.05) is 0 Å². The van der Waals surface area contributed by atoms with Crippen molar-refractivity contribution >= 4 is 11.3 Å². The summed E-state index contributed by atoms with van der Waals surface area (Å²) in [7, 11) is 0. The first-order chi connectivity index (χ1) is 7.18. The number of thiophene rings is 1. The number of hydrogen-bond donors (Lipinski definition) is 2. The molecule has 0 saturated carbocycles. The van der Waals surface area contributed by atoms with Crippen molar-refractivity contribution in [1.82, 2.24) is 5.32 Å². The zero-order chi connectivity index (χ0) is 11.1. The molecule has 2 N–H and O–H groups in total. The topological polar surface area (TPSA) is 32.3 Å². The zero-order valence-corrected chi connectivity index (χ0v) is 10.4. The van der Waals surface area contributed by atoms with Gasteiger partial charge < -0.3 is 10.4 Å². The Morgan fingerprint density at radius 1 is 1.47 bits per heavy atom. The Hall–Kier alpha value is -0.380. The third-order valence-corrected chi connectivity index (χ3v) is 3.19. The average Bonchev–Trinajstić information content (AvgIpc) is 2.63. The Labute approximate surface area is 96.3 Å². The van der Waals surface area contributed by atoms with Gasteiger partial charge in [-0.2, -0.15) is 0 Å². The van der Waals surface area contributed by atoms with Crippen molar-refractivity contribution < 1.29 is 5.11 Å². The minimum atomic E-state index is -0.201. The summed E-state index contributed by atoms with van der Waals surface area (Å²) >= 11 is 1.79. The number of nitrogens with one attached hydrogen (secondary N) is 1. The molecule has 1 heterocycles. The number of hydrogen-bond acceptors (Lipinski definition) is 3. The minimum Gasteiger partial charge on any atom is -0.392 e. The van der Waals surface area contributed by atoms with Gasteiger partial charge in [-0.15, -0.1) is 11.3 Å². The second kappa shape index (κ2) is 6.99. The molecule has 0 aliphatic rings. The summed E-state index contributed by atoms with van der Waals surface area (Å²) in [5, 5.41) is 15.0. The summed E-state index contributed by atoms with van der Waals surface area (Å²) in [5.41, 5.74) is 0. The van der Waals surface area contributed by atoms with Crippen LogP contribution in [0.15, 0.2) is 17.5 Å². The number of aliphatic hydroxyl groups excluding tert-OH is 1. The third kappa shape index (κ3) is 5.92. The smallest absolute Gasteiger partial charge is 0.0667 e. The Morgan fingerprint density at radius 3 is 2.87 bits per heavy atom. The van der Waals surface area contributed by atoms with Gasteiger partial charge in [-0.3, -0.25) is 0 Å². The van der Waals surface area contributed by atoms with Crippen LogP contribution in [-0.4, -0.2) is 24.3 Å². The van der Waals surface area contributed by atoms with Gasteiger partial charge in [0.2, 0.25) is 0 Å². The van der Waals surface area contributed by atoms with Crippen molar-refractivity contribution in [2.45, 2.75) is 32.8 Å². The molecule has 0 aliphatic heterocycles. The van der Waals surface area contributed by atoms with Crippen LogP contribution in [0, 0.1) is 5.92 Å². The van der Waals surface area contributed by atoms with Crippen molar-refractivity contribution in [3.8, 4) is 0 Å². The highest BCUT2D eigenvalue weighted by Crippen LogP contribution is 2.08. The van der Waals surface area contributed by atoms with Crippen molar-refractivity contribution in [3.05, 3.63) is 22.4 Å². The van der Waals surface area contributed by atoms with Crippen LogP contribution in [0.5, 0.6) is 0 Å². The minimum absolute atomic E-state index is 0.201. The van der Waals surface area contributed by atoms with E-state index < -0.39 is 0 Å². The van der Waals surface area contributed by atoms with Crippen molar-refractivity contribution in [3.63, 3.8) is 0 Å². The van der Waals surface area contributed by atoms with Gasteiger partial charge in [-0.25, -0.2) is 0 Å². The molecule has 86 valence electrons. The normalized spacial score (nSPS) is 13.3. The SMILES string of the molecule is CC(C)CC(O)CNCCc1cccs1. The van der Waals surface area contributed by atoms with Gasteiger partial charge in [-0.1, -0.05) is 19.9 Å². The Morgan fingerprint density at radius 2 is 2.27 bits per heavy atom. The number of aliphatic hydroxyl groups is 1. The Kier molecular flexibility index (Phi) is 5.91. The van der Waals surface area contributed by atoms with Crippen LogP contribution in [0.2, 0.25) is 0 Å². The van der Waals surface area contributed by atoms with Crippen molar-refractivity contribution in [2.24, 2.45) is 5.92 Å². The molecule has 0 saturated heterocycles. The van der Waals surface area contributed by atoms with Crippen LogP contribution < -0.4 is 5.32 Å². The van der Waals surface area contributed by atoms with Gasteiger partial charge >= 0.3 is 0 Å². The van der Waals surface area contributed by atoms with E-state index in [2.05, 4.69) is 36.7 Å². The molecular formula is C12H21NOS. The molecule has 1 atom stereocenters. The third-order valence-electron chi connectivity index (χ3n) is 2.25. The van der Waals surface area contributed by atoms with Crippen LogP contribution in [0.25, 0.3) is 0 Å². The van der Waals surface area contributed by atoms with Crippen LogP contribution >= 0.6 is 11.3 Å². The quantitative estimate of drug-likeness (QED) is 0.701. The predicted molar refractivity (Wildman–Crippen MR) is 66.4 cm³/mol. The highest BCUT2D eigenvalue weighted by Gasteiger charge is 2.05. The molecule has 1 aromatic rings. The number of rotatable bonds is 7. The maximum atomic E-state index is 9.62. The fourth-order valence-corrected chi connectivity index (χ4v) is 2.27. The lowest BCUT2D eigenvalue weighted by atomic mass is 10.1. The van der Waals surface area contributed by atoms with Crippen molar-refractivity contribution in [1.29, 1.82) is 0 Å². The molecule has 3 heteroatoms. The highest BCUT2D eigenvalue weighted by atomic mass is 32.1. The first kappa shape index (κ1) is 12.7.